The molecular formula is C44H57N4O6+. The molecule has 2 N–H and O–H groups in total. The summed E-state index contributed by atoms with van der Waals surface area (Å²) in [6, 6.07) is 16.5. The molecule has 10 nitrogen and oxygen atoms in total. The van der Waals surface area contributed by atoms with Crippen molar-refractivity contribution in [3.63, 3.8) is 0 Å². The average molecular weight is 738 g/mol. The fraction of sp³-hybridized carbons (Fsp3) is 0.477. The van der Waals surface area contributed by atoms with Crippen LogP contribution in [-0.2, 0) is 24.5 Å². The second-order valence-corrected chi connectivity index (χ2v) is 14.3. The van der Waals surface area contributed by atoms with E-state index in [1.807, 2.05) is 52.3 Å². The van der Waals surface area contributed by atoms with Crippen LogP contribution < -0.4 is 9.80 Å². The summed E-state index contributed by atoms with van der Waals surface area (Å²) in [7, 11) is 0. The number of para-hydroxylation sites is 2. The Labute approximate surface area is 320 Å². The number of fused-ring (bicyclic) bond motifs is 2. The van der Waals surface area contributed by atoms with Gasteiger partial charge in [0.15, 0.2) is 12.3 Å². The molecule has 0 saturated carbocycles. The highest BCUT2D eigenvalue weighted by atomic mass is 16.5. The third kappa shape index (κ3) is 10.5. The molecule has 1 atom stereocenters. The number of nitrogens with zero attached hydrogens (tertiary/aromatic N) is 4. The van der Waals surface area contributed by atoms with Gasteiger partial charge in [0.2, 0.25) is 5.69 Å². The standard InChI is InChI=1S/C44H56N4O6/c1-4-6-8-10-14-26-44(25-13-9-7-5-2)36-31-34(3)17-20-37(36)46(27-23-42(50)51)40(44)21-18-35(32-45)19-22-41-47(28-24-43(52)53)38-15-11-12-16-39(38)48(41)29-30-54-33-49/h11-12,15-22,31,33H,4-10,13-14,23-30H2,1-3H3,(H-,50,51,52,53)/p+1. The Balaban J connectivity index is 1.83. The predicted molar refractivity (Wildman–Crippen MR) is 213 cm³/mol. The fourth-order valence-corrected chi connectivity index (χ4v) is 7.85. The smallest absolute Gasteiger partial charge is 0.309 e. The van der Waals surface area contributed by atoms with Gasteiger partial charge >= 0.3 is 11.9 Å². The molecule has 2 aliphatic heterocycles. The van der Waals surface area contributed by atoms with Gasteiger partial charge in [0.1, 0.15) is 18.8 Å². The van der Waals surface area contributed by atoms with Crippen LogP contribution in [0.3, 0.4) is 0 Å². The zero-order valence-corrected chi connectivity index (χ0v) is 32.3. The molecule has 0 saturated heterocycles. The number of carboxylic acids is 2. The summed E-state index contributed by atoms with van der Waals surface area (Å²) in [5.74, 6) is -1.11. The first-order valence-electron chi connectivity index (χ1n) is 19.6. The van der Waals surface area contributed by atoms with Crippen molar-refractivity contribution in [1.82, 2.24) is 0 Å². The number of carbonyl (C=O) groups excluding carboxylic acids is 1. The number of carboxylic acid groups (broad SMARTS) is 2. The molecular weight excluding hydrogens is 681 g/mol. The lowest BCUT2D eigenvalue weighted by molar-refractivity contribution is -0.436. The monoisotopic (exact) mass is 737 g/mol. The number of anilines is 2. The number of hydrogen-bond acceptors (Lipinski definition) is 7. The minimum Gasteiger partial charge on any atom is -0.481 e. The molecule has 0 bridgehead atoms. The quantitative estimate of drug-likeness (QED) is 0.0356. The van der Waals surface area contributed by atoms with Crippen LogP contribution in [0.5, 0.6) is 0 Å². The highest BCUT2D eigenvalue weighted by Crippen LogP contribution is 2.48. The number of aryl methyl sites for hydroxylation is 1. The summed E-state index contributed by atoms with van der Waals surface area (Å²) in [4.78, 5) is 38.5. The number of unbranched alkanes of at least 4 members (excludes halogenated alkanes) is 7. The van der Waals surface area contributed by atoms with Gasteiger partial charge in [0.25, 0.3) is 6.47 Å². The molecule has 1 unspecified atom stereocenters. The van der Waals surface area contributed by atoms with Crippen LogP contribution >= 0.6 is 0 Å². The summed E-state index contributed by atoms with van der Waals surface area (Å²) in [5.41, 5.74) is 6.23. The van der Waals surface area contributed by atoms with Crippen LogP contribution in [0.15, 0.2) is 78.2 Å². The third-order valence-corrected chi connectivity index (χ3v) is 10.5. The van der Waals surface area contributed by atoms with Gasteiger partial charge in [-0.2, -0.15) is 9.84 Å². The Kier molecular flexibility index (Phi) is 16.1. The average Bonchev–Trinajstić information content (AvgIpc) is 3.59. The van der Waals surface area contributed by atoms with E-state index in [1.165, 1.54) is 30.4 Å². The molecule has 2 aliphatic rings. The Morgan fingerprint density at radius 1 is 0.889 bits per heavy atom. The second kappa shape index (κ2) is 20.9. The molecule has 288 valence electrons. The minimum absolute atomic E-state index is 0.0174. The van der Waals surface area contributed by atoms with Gasteiger partial charge in [-0.1, -0.05) is 95.4 Å². The molecule has 0 fully saturated rings. The van der Waals surface area contributed by atoms with E-state index in [-0.39, 0.29) is 31.4 Å². The number of ether oxygens (including phenoxy) is 1. The molecule has 0 amide bonds. The zero-order chi connectivity index (χ0) is 38.9. The Morgan fingerprint density at radius 3 is 2.13 bits per heavy atom. The van der Waals surface area contributed by atoms with E-state index < -0.39 is 11.9 Å². The van der Waals surface area contributed by atoms with E-state index in [0.29, 0.717) is 31.0 Å². The number of aliphatic carboxylic acids is 2. The summed E-state index contributed by atoms with van der Waals surface area (Å²) >= 11 is 0. The van der Waals surface area contributed by atoms with Crippen molar-refractivity contribution >= 4 is 41.2 Å². The number of benzene rings is 2. The van der Waals surface area contributed by atoms with Gasteiger partial charge in [0.05, 0.1) is 41.4 Å². The Hall–Kier alpha value is -5.17. The largest absolute Gasteiger partial charge is 0.481 e. The van der Waals surface area contributed by atoms with E-state index in [1.54, 1.807) is 6.08 Å². The SMILES string of the molecule is CCCCCCCC1(CCCCCC)C(/C=C/C(C#N)=C/C=C2\N(CCOC=O)c3ccccc3N2CCC(=O)O)=[N+](CCC(=O)O)c2ccc(C)cc21. The number of nitriles is 1. The molecule has 54 heavy (non-hydrogen) atoms. The molecule has 10 heteroatoms. The maximum absolute atomic E-state index is 12.0. The lowest BCUT2D eigenvalue weighted by Crippen LogP contribution is -2.35. The van der Waals surface area contributed by atoms with E-state index >= 15 is 0 Å². The summed E-state index contributed by atoms with van der Waals surface area (Å²) in [6.45, 7) is 7.94. The van der Waals surface area contributed by atoms with Crippen molar-refractivity contribution in [3.05, 3.63) is 89.3 Å². The molecule has 2 heterocycles. The van der Waals surface area contributed by atoms with Crippen LogP contribution in [0, 0.1) is 18.3 Å². The molecule has 0 aliphatic carbocycles. The molecule has 0 radical (unpaired) electrons. The van der Waals surface area contributed by atoms with Crippen molar-refractivity contribution in [1.29, 1.82) is 5.26 Å². The Morgan fingerprint density at radius 2 is 1.52 bits per heavy atom. The predicted octanol–water partition coefficient (Wildman–Crippen LogP) is 8.96. The summed E-state index contributed by atoms with van der Waals surface area (Å²) in [5, 5.41) is 29.8. The van der Waals surface area contributed by atoms with Crippen LogP contribution in [-0.4, -0.2) is 65.2 Å². The Bertz CT molecular complexity index is 1790. The highest BCUT2D eigenvalue weighted by Gasteiger charge is 2.50. The lowest BCUT2D eigenvalue weighted by atomic mass is 9.69. The van der Waals surface area contributed by atoms with Crippen LogP contribution in [0.1, 0.15) is 108 Å². The molecule has 4 rings (SSSR count). The maximum atomic E-state index is 12.0. The first kappa shape index (κ1) is 41.6. The number of allylic oxidation sites excluding steroid dienone is 5. The van der Waals surface area contributed by atoms with E-state index in [2.05, 4.69) is 49.6 Å². The molecule has 0 spiro atoms. The van der Waals surface area contributed by atoms with E-state index in [4.69, 9.17) is 4.74 Å². The van der Waals surface area contributed by atoms with Crippen LogP contribution in [0.2, 0.25) is 0 Å². The first-order chi connectivity index (χ1) is 26.2. The van der Waals surface area contributed by atoms with Gasteiger partial charge in [0, 0.05) is 24.3 Å². The van der Waals surface area contributed by atoms with Gasteiger partial charge in [-0.25, -0.2) is 0 Å². The fourth-order valence-electron chi connectivity index (χ4n) is 7.85. The van der Waals surface area contributed by atoms with Crippen molar-refractivity contribution in [3.8, 4) is 6.07 Å². The van der Waals surface area contributed by atoms with Crippen LogP contribution in [0.25, 0.3) is 0 Å². The lowest BCUT2D eigenvalue weighted by Gasteiger charge is -2.28. The highest BCUT2D eigenvalue weighted by molar-refractivity contribution is 6.04. The summed E-state index contributed by atoms with van der Waals surface area (Å²) < 4.78 is 7.21. The van der Waals surface area contributed by atoms with E-state index in [0.717, 1.165) is 74.1 Å². The van der Waals surface area contributed by atoms with Crippen molar-refractivity contribution in [2.24, 2.45) is 0 Å². The van der Waals surface area contributed by atoms with Crippen molar-refractivity contribution in [2.45, 2.75) is 110 Å². The third-order valence-electron chi connectivity index (χ3n) is 10.5. The molecule has 2 aromatic rings. The maximum Gasteiger partial charge on any atom is 0.309 e. The molecule has 0 aromatic heterocycles. The first-order valence-corrected chi connectivity index (χ1v) is 19.6. The van der Waals surface area contributed by atoms with Gasteiger partial charge in [-0.3, -0.25) is 14.4 Å². The number of hydrogen-bond donors (Lipinski definition) is 2. The number of carbonyl (C=O) groups is 3. The topological polar surface area (TPSA) is 134 Å². The number of rotatable bonds is 24. The van der Waals surface area contributed by atoms with Crippen molar-refractivity contribution < 1.29 is 33.9 Å². The van der Waals surface area contributed by atoms with Crippen LogP contribution in [0.4, 0.5) is 17.1 Å². The second-order valence-electron chi connectivity index (χ2n) is 14.3. The van der Waals surface area contributed by atoms with Crippen molar-refractivity contribution in [2.75, 3.05) is 36.0 Å². The van der Waals surface area contributed by atoms with Gasteiger partial charge in [-0.15, -0.1) is 0 Å². The van der Waals surface area contributed by atoms with E-state index in [9.17, 15) is 29.9 Å². The molecule has 2 aromatic carbocycles. The summed E-state index contributed by atoms with van der Waals surface area (Å²) in [6.07, 6.45) is 19.4. The zero-order valence-electron chi connectivity index (χ0n) is 32.3. The van der Waals surface area contributed by atoms with Gasteiger partial charge < -0.3 is 24.7 Å². The minimum atomic E-state index is -0.925. The normalized spacial score (nSPS) is 17.3. The van der Waals surface area contributed by atoms with Gasteiger partial charge in [-0.05, 0) is 56.2 Å².